The maximum Gasteiger partial charge on any atom is 0.216 e. The number of rotatable bonds is 4. The molecule has 1 aromatic carbocycles. The van der Waals surface area contributed by atoms with Gasteiger partial charge in [-0.3, -0.25) is 4.79 Å². The maximum atomic E-state index is 13.0. The number of hydrogen-bond donors (Lipinski definition) is 1. The molecule has 0 aliphatic rings. The maximum absolute atomic E-state index is 13.0. The van der Waals surface area contributed by atoms with E-state index in [-0.39, 0.29) is 10.9 Å². The molecule has 0 saturated carbocycles. The summed E-state index contributed by atoms with van der Waals surface area (Å²) >= 11 is 5.76. The molecule has 0 bridgehead atoms. The van der Waals surface area contributed by atoms with Crippen LogP contribution in [0.15, 0.2) is 24.3 Å². The average Bonchev–Trinajstić information content (AvgIpc) is 2.23. The van der Waals surface area contributed by atoms with Gasteiger partial charge in [0.25, 0.3) is 0 Å². The van der Waals surface area contributed by atoms with Gasteiger partial charge < -0.3 is 5.32 Å². The van der Waals surface area contributed by atoms with Crippen LogP contribution < -0.4 is 5.32 Å². The highest BCUT2D eigenvalue weighted by atomic mass is 35.5. The van der Waals surface area contributed by atoms with E-state index in [0.717, 1.165) is 0 Å². The summed E-state index contributed by atoms with van der Waals surface area (Å²) in [5, 5.41) is 2.78. The molecule has 1 rings (SSSR count). The normalized spacial score (nSPS) is 10.7. The van der Waals surface area contributed by atoms with E-state index in [0.29, 0.717) is 18.5 Å². The molecule has 0 saturated heterocycles. The van der Waals surface area contributed by atoms with E-state index < -0.39 is 5.82 Å². The van der Waals surface area contributed by atoms with Crippen molar-refractivity contribution in [3.05, 3.63) is 40.7 Å². The predicted octanol–water partition coefficient (Wildman–Crippen LogP) is 3.02. The largest absolute Gasteiger partial charge is 0.356 e. The molecule has 0 atom stereocenters. The molecule has 16 heavy (non-hydrogen) atoms. The lowest BCUT2D eigenvalue weighted by Crippen LogP contribution is -2.20. The van der Waals surface area contributed by atoms with Crippen LogP contribution in [0.4, 0.5) is 4.39 Å². The van der Waals surface area contributed by atoms with E-state index >= 15 is 0 Å². The number of amides is 1. The Morgan fingerprint density at radius 1 is 1.56 bits per heavy atom. The summed E-state index contributed by atoms with van der Waals surface area (Å²) in [7, 11) is 0. The Labute approximate surface area is 99.1 Å². The van der Waals surface area contributed by atoms with Crippen molar-refractivity contribution in [3.8, 4) is 0 Å². The van der Waals surface area contributed by atoms with E-state index in [9.17, 15) is 9.18 Å². The van der Waals surface area contributed by atoms with Crippen molar-refractivity contribution in [2.24, 2.45) is 0 Å². The zero-order valence-corrected chi connectivity index (χ0v) is 9.72. The smallest absolute Gasteiger partial charge is 0.216 e. The van der Waals surface area contributed by atoms with Crippen molar-refractivity contribution in [3.63, 3.8) is 0 Å². The summed E-state index contributed by atoms with van der Waals surface area (Å²) in [6.45, 7) is 2.03. The molecule has 0 aliphatic carbocycles. The van der Waals surface area contributed by atoms with Crippen molar-refractivity contribution in [2.45, 2.75) is 13.3 Å². The minimum atomic E-state index is -0.425. The van der Waals surface area contributed by atoms with Crippen LogP contribution in [0, 0.1) is 5.82 Å². The molecule has 0 aliphatic heterocycles. The second kappa shape index (κ2) is 6.28. The number of benzene rings is 1. The number of halogens is 2. The topological polar surface area (TPSA) is 29.1 Å². The van der Waals surface area contributed by atoms with Crippen LogP contribution in [-0.2, 0) is 4.79 Å². The molecule has 4 heteroatoms. The van der Waals surface area contributed by atoms with Crippen LogP contribution in [-0.4, -0.2) is 12.5 Å². The van der Waals surface area contributed by atoms with Crippen molar-refractivity contribution in [1.29, 1.82) is 0 Å². The first-order valence-corrected chi connectivity index (χ1v) is 5.34. The Morgan fingerprint density at radius 2 is 2.31 bits per heavy atom. The minimum absolute atomic E-state index is 0.0582. The van der Waals surface area contributed by atoms with Gasteiger partial charge in [-0.25, -0.2) is 4.39 Å². The third kappa shape index (κ3) is 4.03. The van der Waals surface area contributed by atoms with Crippen LogP contribution in [0.25, 0.3) is 6.08 Å². The zero-order chi connectivity index (χ0) is 12.0. The van der Waals surface area contributed by atoms with Crippen LogP contribution in [0.1, 0.15) is 18.9 Å². The fraction of sp³-hybridized carbons (Fsp3) is 0.250. The molecular formula is C12H13ClFNO. The molecule has 1 amide bonds. The van der Waals surface area contributed by atoms with Crippen LogP contribution in [0.3, 0.4) is 0 Å². The van der Waals surface area contributed by atoms with Gasteiger partial charge in [-0.2, -0.15) is 0 Å². The fourth-order valence-electron chi connectivity index (χ4n) is 1.19. The molecule has 1 N–H and O–H groups in total. The van der Waals surface area contributed by atoms with Gasteiger partial charge in [0.2, 0.25) is 5.91 Å². The van der Waals surface area contributed by atoms with E-state index in [4.69, 9.17) is 11.6 Å². The Balaban J connectivity index is 2.50. The summed E-state index contributed by atoms with van der Waals surface area (Å²) < 4.78 is 13.0. The van der Waals surface area contributed by atoms with Gasteiger partial charge in [0.15, 0.2) is 0 Å². The lowest BCUT2D eigenvalue weighted by Gasteiger charge is -1.99. The number of hydrogen-bond acceptors (Lipinski definition) is 1. The first-order valence-electron chi connectivity index (χ1n) is 4.96. The van der Waals surface area contributed by atoms with Gasteiger partial charge in [0, 0.05) is 13.5 Å². The SMILES string of the molecule is CC(=O)NCCC=Cc1cccc(F)c1Cl. The molecule has 2 nitrogen and oxygen atoms in total. The molecule has 1 aromatic rings. The third-order valence-electron chi connectivity index (χ3n) is 1.96. The summed E-state index contributed by atoms with van der Waals surface area (Å²) in [4.78, 5) is 10.6. The molecule has 0 radical (unpaired) electrons. The highest BCUT2D eigenvalue weighted by Gasteiger charge is 2.01. The van der Waals surface area contributed by atoms with E-state index in [1.54, 1.807) is 18.2 Å². The van der Waals surface area contributed by atoms with Crippen LogP contribution in [0.5, 0.6) is 0 Å². The molecule has 0 aromatic heterocycles. The second-order valence-corrected chi connectivity index (χ2v) is 3.70. The minimum Gasteiger partial charge on any atom is -0.356 e. The average molecular weight is 242 g/mol. The van der Waals surface area contributed by atoms with Gasteiger partial charge >= 0.3 is 0 Å². The van der Waals surface area contributed by atoms with Gasteiger partial charge in [-0.05, 0) is 18.1 Å². The number of nitrogens with one attached hydrogen (secondary N) is 1. The van der Waals surface area contributed by atoms with Gasteiger partial charge in [-0.15, -0.1) is 0 Å². The van der Waals surface area contributed by atoms with Crippen molar-refractivity contribution < 1.29 is 9.18 Å². The molecular weight excluding hydrogens is 229 g/mol. The highest BCUT2D eigenvalue weighted by molar-refractivity contribution is 6.32. The Bertz CT molecular complexity index is 404. The third-order valence-corrected chi connectivity index (χ3v) is 2.36. The van der Waals surface area contributed by atoms with E-state index in [1.807, 2.05) is 6.08 Å². The lowest BCUT2D eigenvalue weighted by molar-refractivity contribution is -0.118. The van der Waals surface area contributed by atoms with Crippen molar-refractivity contribution >= 4 is 23.6 Å². The zero-order valence-electron chi connectivity index (χ0n) is 8.97. The lowest BCUT2D eigenvalue weighted by atomic mass is 10.2. The van der Waals surface area contributed by atoms with Crippen LogP contribution in [0.2, 0.25) is 5.02 Å². The van der Waals surface area contributed by atoms with Crippen molar-refractivity contribution in [1.82, 2.24) is 5.32 Å². The molecule has 0 fully saturated rings. The standard InChI is InChI=1S/C12H13ClFNO/c1-9(16)15-8-3-2-5-10-6-4-7-11(14)12(10)13/h2,4-7H,3,8H2,1H3,(H,15,16). The molecule has 0 unspecified atom stereocenters. The molecule has 0 spiro atoms. The second-order valence-electron chi connectivity index (χ2n) is 3.32. The van der Waals surface area contributed by atoms with Gasteiger partial charge in [0.05, 0.1) is 5.02 Å². The molecule has 86 valence electrons. The summed E-state index contributed by atoms with van der Waals surface area (Å²) in [5.74, 6) is -0.483. The Hall–Kier alpha value is -1.35. The van der Waals surface area contributed by atoms with Crippen LogP contribution >= 0.6 is 11.6 Å². The summed E-state index contributed by atoms with van der Waals surface area (Å²) in [5.41, 5.74) is 0.643. The predicted molar refractivity (Wildman–Crippen MR) is 63.7 cm³/mol. The monoisotopic (exact) mass is 241 g/mol. The van der Waals surface area contributed by atoms with E-state index in [1.165, 1.54) is 13.0 Å². The Morgan fingerprint density at radius 3 is 3.00 bits per heavy atom. The summed E-state index contributed by atoms with van der Waals surface area (Å²) in [6.07, 6.45) is 4.27. The van der Waals surface area contributed by atoms with E-state index in [2.05, 4.69) is 5.32 Å². The van der Waals surface area contributed by atoms with Gasteiger partial charge in [0.1, 0.15) is 5.82 Å². The Kier molecular flexibility index (Phi) is 4.99. The fourth-order valence-corrected chi connectivity index (χ4v) is 1.38. The first-order chi connectivity index (χ1) is 7.61. The highest BCUT2D eigenvalue weighted by Crippen LogP contribution is 2.20. The quantitative estimate of drug-likeness (QED) is 0.807. The first kappa shape index (κ1) is 12.7. The number of carbonyl (C=O) groups excluding carboxylic acids is 1. The van der Waals surface area contributed by atoms with Crippen molar-refractivity contribution in [2.75, 3.05) is 6.54 Å². The summed E-state index contributed by atoms with van der Waals surface area (Å²) in [6, 6.07) is 4.66. The number of carbonyl (C=O) groups is 1. The molecule has 0 heterocycles. The van der Waals surface area contributed by atoms with Gasteiger partial charge in [-0.1, -0.05) is 35.9 Å².